The van der Waals surface area contributed by atoms with Gasteiger partial charge in [-0.25, -0.2) is 14.7 Å². The van der Waals surface area contributed by atoms with Crippen LogP contribution in [0.25, 0.3) is 0 Å². The molecule has 2 atom stereocenters. The van der Waals surface area contributed by atoms with Crippen LogP contribution < -0.4 is 5.32 Å². The first-order valence-corrected chi connectivity index (χ1v) is 9.33. The molecule has 1 aliphatic carbocycles. The molecule has 10 heteroatoms. The van der Waals surface area contributed by atoms with Gasteiger partial charge in [-0.15, -0.1) is 10.2 Å². The highest BCUT2D eigenvalue weighted by atomic mass is 16.6. The van der Waals surface area contributed by atoms with Crippen LogP contribution in [0.4, 0.5) is 9.59 Å². The summed E-state index contributed by atoms with van der Waals surface area (Å²) in [6.07, 6.45) is 2.38. The minimum Gasteiger partial charge on any atom is -0.444 e. The molecule has 2 N–H and O–H groups in total. The van der Waals surface area contributed by atoms with Crippen molar-refractivity contribution in [3.8, 4) is 0 Å². The molecule has 2 saturated heterocycles. The lowest BCUT2D eigenvalue weighted by atomic mass is 9.80. The molecule has 2 aliphatic heterocycles. The minimum absolute atomic E-state index is 0.0266. The maximum Gasteiger partial charge on any atom is 0.407 e. The molecule has 10 nitrogen and oxygen atoms in total. The Bertz CT molecular complexity index is 738. The van der Waals surface area contributed by atoms with Crippen molar-refractivity contribution in [3.63, 3.8) is 0 Å². The highest BCUT2D eigenvalue weighted by Gasteiger charge is 2.47. The van der Waals surface area contributed by atoms with Crippen molar-refractivity contribution >= 4 is 12.1 Å². The van der Waals surface area contributed by atoms with E-state index in [9.17, 15) is 14.8 Å². The third-order valence-electron chi connectivity index (χ3n) is 5.29. The number of carbonyl (C=O) groups is 2. The number of ether oxygens (including phenoxy) is 1. The minimum atomic E-state index is -0.523. The number of aromatic nitrogens is 2. The molecule has 3 heterocycles. The van der Waals surface area contributed by atoms with E-state index in [1.165, 1.54) is 0 Å². The van der Waals surface area contributed by atoms with Gasteiger partial charge in [-0.2, -0.15) is 0 Å². The van der Waals surface area contributed by atoms with E-state index in [1.54, 1.807) is 4.90 Å². The second-order valence-electron chi connectivity index (χ2n) is 8.52. The predicted octanol–water partition coefficient (Wildman–Crippen LogP) is 2.17. The van der Waals surface area contributed by atoms with Crippen molar-refractivity contribution in [2.45, 2.75) is 76.1 Å². The molecule has 0 spiro atoms. The quantitative estimate of drug-likeness (QED) is 0.772. The molecule has 1 saturated carbocycles. The summed E-state index contributed by atoms with van der Waals surface area (Å²) in [4.78, 5) is 25.5. The largest absolute Gasteiger partial charge is 0.444 e. The molecule has 3 fully saturated rings. The number of rotatable bonds is 3. The first kappa shape index (κ1) is 18.0. The normalized spacial score (nSPS) is 30.3. The molecule has 0 aromatic carbocycles. The Hall–Kier alpha value is -2.36. The number of carbonyl (C=O) groups excluding carboxylic acids is 2. The van der Waals surface area contributed by atoms with E-state index in [0.29, 0.717) is 44.0 Å². The van der Waals surface area contributed by atoms with Gasteiger partial charge in [-0.3, -0.25) is 5.21 Å². The summed E-state index contributed by atoms with van der Waals surface area (Å²) in [5.41, 5.74) is -0.523. The van der Waals surface area contributed by atoms with Crippen molar-refractivity contribution in [1.82, 2.24) is 25.5 Å². The van der Waals surface area contributed by atoms with Crippen LogP contribution in [0.5, 0.6) is 0 Å². The zero-order chi connectivity index (χ0) is 19.3. The number of hydroxylamine groups is 2. The number of amides is 3. The molecule has 27 heavy (non-hydrogen) atoms. The summed E-state index contributed by atoms with van der Waals surface area (Å²) in [5, 5.41) is 21.7. The topological polar surface area (TPSA) is 121 Å². The SMILES string of the molecule is CC(C)(C)OC(=O)N[C@H]1C[C@H](c2nnc([C@@H]3CC[C@H]4CN3C(=O)N4O)o2)C1. The summed E-state index contributed by atoms with van der Waals surface area (Å²) in [5.74, 6) is 1.03. The van der Waals surface area contributed by atoms with E-state index in [4.69, 9.17) is 9.15 Å². The van der Waals surface area contributed by atoms with Crippen LogP contribution in [0.2, 0.25) is 0 Å². The fourth-order valence-electron chi connectivity index (χ4n) is 3.87. The molecule has 0 unspecified atom stereocenters. The van der Waals surface area contributed by atoms with Crippen LogP contribution >= 0.6 is 0 Å². The van der Waals surface area contributed by atoms with Crippen molar-refractivity contribution in [1.29, 1.82) is 0 Å². The Morgan fingerprint density at radius 3 is 2.67 bits per heavy atom. The van der Waals surface area contributed by atoms with E-state index in [0.717, 1.165) is 5.06 Å². The maximum atomic E-state index is 12.1. The Labute approximate surface area is 156 Å². The summed E-state index contributed by atoms with van der Waals surface area (Å²) in [6, 6.07) is -0.823. The average Bonchev–Trinajstić information content (AvgIpc) is 3.10. The maximum absolute atomic E-state index is 12.1. The molecule has 0 radical (unpaired) electrons. The molecule has 1 aromatic rings. The Kier molecular flexibility index (Phi) is 4.25. The molecule has 2 bridgehead atoms. The number of nitrogens with zero attached hydrogens (tertiary/aromatic N) is 4. The number of nitrogens with one attached hydrogen (secondary N) is 1. The standard InChI is InChI=1S/C17H25N5O5/c1-17(2,3)27-15(23)18-10-6-9(7-10)13-19-20-14(26-13)12-5-4-11-8-21(12)16(24)22(11)25/h9-12,25H,4-8H2,1-3H3,(H,18,23)/t9-,10-,11-,12-/m0/s1. The molecule has 3 amide bonds. The molecule has 148 valence electrons. The van der Waals surface area contributed by atoms with Gasteiger partial charge in [0, 0.05) is 18.5 Å². The van der Waals surface area contributed by atoms with Crippen LogP contribution in [0.1, 0.15) is 70.2 Å². The van der Waals surface area contributed by atoms with Crippen LogP contribution in [0, 0.1) is 0 Å². The highest BCUT2D eigenvalue weighted by Crippen LogP contribution is 2.40. The summed E-state index contributed by atoms with van der Waals surface area (Å²) in [6.45, 7) is 5.95. The first-order valence-electron chi connectivity index (χ1n) is 9.33. The number of hydrogen-bond donors (Lipinski definition) is 2. The molecule has 3 aliphatic rings. The van der Waals surface area contributed by atoms with Gasteiger partial charge in [0.1, 0.15) is 11.6 Å². The number of hydrogen-bond acceptors (Lipinski definition) is 7. The molecule has 4 rings (SSSR count). The molecular weight excluding hydrogens is 354 g/mol. The van der Waals surface area contributed by atoms with E-state index in [-0.39, 0.29) is 24.0 Å². The zero-order valence-electron chi connectivity index (χ0n) is 15.7. The number of urea groups is 1. The second kappa shape index (κ2) is 6.36. The third-order valence-corrected chi connectivity index (χ3v) is 5.29. The first-order chi connectivity index (χ1) is 12.7. The lowest BCUT2D eigenvalue weighted by Gasteiger charge is -2.34. The van der Waals surface area contributed by atoms with Crippen LogP contribution in [-0.2, 0) is 4.74 Å². The molecule has 1 aromatic heterocycles. The smallest absolute Gasteiger partial charge is 0.407 e. The van der Waals surface area contributed by atoms with Gasteiger partial charge in [0.05, 0.1) is 6.04 Å². The van der Waals surface area contributed by atoms with Gasteiger partial charge in [0.2, 0.25) is 11.8 Å². The summed E-state index contributed by atoms with van der Waals surface area (Å²) < 4.78 is 11.1. The monoisotopic (exact) mass is 379 g/mol. The van der Waals surface area contributed by atoms with Gasteiger partial charge in [-0.1, -0.05) is 0 Å². The van der Waals surface area contributed by atoms with E-state index in [2.05, 4.69) is 15.5 Å². The van der Waals surface area contributed by atoms with Gasteiger partial charge >= 0.3 is 12.1 Å². The van der Waals surface area contributed by atoms with Crippen LogP contribution in [0.3, 0.4) is 0 Å². The lowest BCUT2D eigenvalue weighted by molar-refractivity contribution is -0.0584. The summed E-state index contributed by atoms with van der Waals surface area (Å²) >= 11 is 0. The van der Waals surface area contributed by atoms with E-state index < -0.39 is 17.7 Å². The third kappa shape index (κ3) is 3.45. The van der Waals surface area contributed by atoms with Crippen molar-refractivity contribution in [2.75, 3.05) is 6.54 Å². The van der Waals surface area contributed by atoms with Gasteiger partial charge in [0.15, 0.2) is 0 Å². The van der Waals surface area contributed by atoms with Gasteiger partial charge in [0.25, 0.3) is 0 Å². The Balaban J connectivity index is 1.32. The van der Waals surface area contributed by atoms with E-state index >= 15 is 0 Å². The fourth-order valence-corrected chi connectivity index (χ4v) is 3.87. The van der Waals surface area contributed by atoms with Crippen molar-refractivity contribution < 1.29 is 24.0 Å². The van der Waals surface area contributed by atoms with Crippen LogP contribution in [0.15, 0.2) is 4.42 Å². The van der Waals surface area contributed by atoms with Gasteiger partial charge in [-0.05, 0) is 46.5 Å². The van der Waals surface area contributed by atoms with Gasteiger partial charge < -0.3 is 19.4 Å². The zero-order valence-corrected chi connectivity index (χ0v) is 15.7. The summed E-state index contributed by atoms with van der Waals surface area (Å²) in [7, 11) is 0. The van der Waals surface area contributed by atoms with Crippen molar-refractivity contribution in [2.24, 2.45) is 0 Å². The number of fused-ring (bicyclic) bond motifs is 2. The van der Waals surface area contributed by atoms with Crippen molar-refractivity contribution in [3.05, 3.63) is 11.8 Å². The average molecular weight is 379 g/mol. The predicted molar refractivity (Wildman–Crippen MR) is 90.9 cm³/mol. The number of alkyl carbamates (subject to hydrolysis) is 1. The highest BCUT2D eigenvalue weighted by molar-refractivity contribution is 5.76. The lowest BCUT2D eigenvalue weighted by Crippen LogP contribution is -2.45. The Morgan fingerprint density at radius 2 is 1.96 bits per heavy atom. The fraction of sp³-hybridized carbons (Fsp3) is 0.765. The number of piperidine rings is 1. The molecular formula is C17H25N5O5. The van der Waals surface area contributed by atoms with Crippen LogP contribution in [-0.4, -0.2) is 61.7 Å². The van der Waals surface area contributed by atoms with E-state index in [1.807, 2.05) is 20.8 Å². The Morgan fingerprint density at radius 1 is 1.26 bits per heavy atom. The second-order valence-corrected chi connectivity index (χ2v) is 8.52.